The number of benzene rings is 2. The molecule has 0 bridgehead atoms. The third-order valence-corrected chi connectivity index (χ3v) is 4.93. The number of hydrogen-bond acceptors (Lipinski definition) is 0. The fraction of sp³-hybridized carbons (Fsp3) is 0.517. The van der Waals surface area contributed by atoms with E-state index in [0.29, 0.717) is 5.92 Å². The second-order valence-electron chi connectivity index (χ2n) is 8.39. The topological polar surface area (TPSA) is 0 Å². The molecule has 0 saturated carbocycles. The summed E-state index contributed by atoms with van der Waals surface area (Å²) in [5.74, 6) is 1.59. The summed E-state index contributed by atoms with van der Waals surface area (Å²) in [7, 11) is 0. The fourth-order valence-electron chi connectivity index (χ4n) is 3.08. The van der Waals surface area contributed by atoms with Crippen LogP contribution in [-0.4, -0.2) is 0 Å². The van der Waals surface area contributed by atoms with Gasteiger partial charge in [0.2, 0.25) is 0 Å². The molecule has 1 unspecified atom stereocenters. The van der Waals surface area contributed by atoms with Gasteiger partial charge in [0.15, 0.2) is 0 Å². The van der Waals surface area contributed by atoms with E-state index < -0.39 is 0 Å². The van der Waals surface area contributed by atoms with Crippen molar-refractivity contribution >= 4 is 0 Å². The lowest BCUT2D eigenvalue weighted by atomic mass is 9.94. The molecule has 2 rings (SSSR count). The van der Waals surface area contributed by atoms with Crippen LogP contribution < -0.4 is 0 Å². The van der Waals surface area contributed by atoms with Crippen LogP contribution >= 0.6 is 0 Å². The Bertz CT molecular complexity index is 592. The smallest absolute Gasteiger partial charge is 0.00258 e. The van der Waals surface area contributed by atoms with E-state index in [1.54, 1.807) is 6.08 Å². The van der Waals surface area contributed by atoms with Gasteiger partial charge in [0.25, 0.3) is 0 Å². The van der Waals surface area contributed by atoms with Crippen LogP contribution in [0.25, 0.3) is 0 Å². The molecule has 0 saturated heterocycles. The zero-order chi connectivity index (χ0) is 21.9. The average molecular weight is 395 g/mol. The first kappa shape index (κ1) is 27.2. The minimum absolute atomic E-state index is 0.686. The summed E-state index contributed by atoms with van der Waals surface area (Å²) >= 11 is 0. The van der Waals surface area contributed by atoms with Gasteiger partial charge in [-0.25, -0.2) is 0 Å². The SMILES string of the molecule is C=CC.CCCCC(C)C.CCCCC(C)c1ccc(Cc2ccccc2)cc1. The molecular formula is C29H46. The van der Waals surface area contributed by atoms with Gasteiger partial charge in [-0.2, -0.15) is 0 Å². The zero-order valence-electron chi connectivity index (χ0n) is 20.1. The summed E-state index contributed by atoms with van der Waals surface area (Å²) in [5.41, 5.74) is 4.26. The Morgan fingerprint density at radius 1 is 0.759 bits per heavy atom. The van der Waals surface area contributed by atoms with E-state index in [9.17, 15) is 0 Å². The van der Waals surface area contributed by atoms with E-state index in [2.05, 4.69) is 95.8 Å². The van der Waals surface area contributed by atoms with Crippen LogP contribution in [0.3, 0.4) is 0 Å². The maximum Gasteiger partial charge on any atom is -0.00258 e. The maximum absolute atomic E-state index is 3.36. The largest absolute Gasteiger partial charge is 0.103 e. The molecule has 0 spiro atoms. The van der Waals surface area contributed by atoms with Crippen LogP contribution in [0.5, 0.6) is 0 Å². The molecule has 0 nitrogen and oxygen atoms in total. The van der Waals surface area contributed by atoms with Gasteiger partial charge in [-0.3, -0.25) is 0 Å². The van der Waals surface area contributed by atoms with Crippen molar-refractivity contribution in [1.29, 1.82) is 0 Å². The minimum atomic E-state index is 0.686. The Labute approximate surface area is 182 Å². The summed E-state index contributed by atoms with van der Waals surface area (Å²) in [6.45, 7) is 16.6. The standard InChI is InChI=1S/C19H24.C7H16.C3H6/c1-3-4-8-16(2)19-13-11-18(12-14-19)15-17-9-6-5-7-10-17;1-4-5-6-7(2)3;1-3-2/h5-7,9-14,16H,3-4,8,15H2,1-2H3;7H,4-6H2,1-3H3;3H,1H2,2H3. The van der Waals surface area contributed by atoms with Crippen molar-refractivity contribution in [3.05, 3.63) is 83.9 Å². The molecule has 29 heavy (non-hydrogen) atoms. The second-order valence-corrected chi connectivity index (χ2v) is 8.39. The first-order chi connectivity index (χ1) is 14.0. The van der Waals surface area contributed by atoms with Crippen molar-refractivity contribution in [2.24, 2.45) is 5.92 Å². The van der Waals surface area contributed by atoms with Crippen LogP contribution in [-0.2, 0) is 6.42 Å². The Balaban J connectivity index is 0.000000658. The molecule has 2 aromatic carbocycles. The van der Waals surface area contributed by atoms with Gasteiger partial charge in [0, 0.05) is 0 Å². The van der Waals surface area contributed by atoms with E-state index in [4.69, 9.17) is 0 Å². The van der Waals surface area contributed by atoms with Crippen molar-refractivity contribution in [3.63, 3.8) is 0 Å². The Hall–Kier alpha value is -1.82. The van der Waals surface area contributed by atoms with Gasteiger partial charge in [-0.15, -0.1) is 6.58 Å². The van der Waals surface area contributed by atoms with E-state index in [1.807, 2.05) is 6.92 Å². The molecule has 0 aromatic heterocycles. The van der Waals surface area contributed by atoms with Crippen LogP contribution in [0.15, 0.2) is 67.3 Å². The van der Waals surface area contributed by atoms with Crippen molar-refractivity contribution in [2.75, 3.05) is 0 Å². The van der Waals surface area contributed by atoms with E-state index in [0.717, 1.165) is 12.3 Å². The molecule has 0 heteroatoms. The third kappa shape index (κ3) is 14.8. The number of rotatable bonds is 9. The predicted octanol–water partition coefficient (Wildman–Crippen LogP) is 9.60. The van der Waals surface area contributed by atoms with Crippen molar-refractivity contribution < 1.29 is 0 Å². The minimum Gasteiger partial charge on any atom is -0.103 e. The first-order valence-electron chi connectivity index (χ1n) is 11.7. The summed E-state index contributed by atoms with van der Waals surface area (Å²) in [6, 6.07) is 19.8. The Morgan fingerprint density at radius 3 is 1.69 bits per heavy atom. The lowest BCUT2D eigenvalue weighted by Crippen LogP contribution is -1.94. The van der Waals surface area contributed by atoms with Crippen LogP contribution in [0, 0.1) is 5.92 Å². The molecule has 0 N–H and O–H groups in total. The zero-order valence-corrected chi connectivity index (χ0v) is 20.1. The van der Waals surface area contributed by atoms with Crippen LogP contribution in [0.2, 0.25) is 0 Å². The molecule has 0 aliphatic heterocycles. The molecule has 0 amide bonds. The number of unbranched alkanes of at least 4 members (excludes halogenated alkanes) is 2. The van der Waals surface area contributed by atoms with Gasteiger partial charge in [0.1, 0.15) is 0 Å². The normalized spacial score (nSPS) is 11.0. The molecule has 162 valence electrons. The predicted molar refractivity (Wildman–Crippen MR) is 134 cm³/mol. The fourth-order valence-corrected chi connectivity index (χ4v) is 3.08. The van der Waals surface area contributed by atoms with Crippen LogP contribution in [0.1, 0.15) is 103 Å². The first-order valence-corrected chi connectivity index (χ1v) is 11.7. The van der Waals surface area contributed by atoms with Gasteiger partial charge < -0.3 is 0 Å². The highest BCUT2D eigenvalue weighted by molar-refractivity contribution is 5.29. The van der Waals surface area contributed by atoms with Gasteiger partial charge in [-0.05, 0) is 48.3 Å². The molecule has 2 aromatic rings. The number of hydrogen-bond donors (Lipinski definition) is 0. The highest BCUT2D eigenvalue weighted by Gasteiger charge is 2.04. The third-order valence-electron chi connectivity index (χ3n) is 4.93. The van der Waals surface area contributed by atoms with Gasteiger partial charge in [0.05, 0.1) is 0 Å². The number of allylic oxidation sites excluding steroid dienone is 1. The Kier molecular flexibility index (Phi) is 17.1. The maximum atomic E-state index is 3.36. The average Bonchev–Trinajstić information content (AvgIpc) is 2.73. The molecular weight excluding hydrogens is 348 g/mol. The molecule has 1 atom stereocenters. The second kappa shape index (κ2) is 18.2. The van der Waals surface area contributed by atoms with E-state index in [1.165, 1.54) is 55.2 Å². The molecule has 0 aliphatic carbocycles. The van der Waals surface area contributed by atoms with Crippen molar-refractivity contribution in [2.45, 2.75) is 92.4 Å². The molecule has 0 aliphatic rings. The summed E-state index contributed by atoms with van der Waals surface area (Å²) in [4.78, 5) is 0. The molecule has 0 heterocycles. The van der Waals surface area contributed by atoms with Crippen LogP contribution in [0.4, 0.5) is 0 Å². The monoisotopic (exact) mass is 394 g/mol. The molecule has 0 radical (unpaired) electrons. The van der Waals surface area contributed by atoms with Gasteiger partial charge >= 0.3 is 0 Å². The lowest BCUT2D eigenvalue weighted by molar-refractivity contribution is 0.550. The molecule has 0 fully saturated rings. The van der Waals surface area contributed by atoms with Gasteiger partial charge in [-0.1, -0.05) is 127 Å². The van der Waals surface area contributed by atoms with E-state index in [-0.39, 0.29) is 0 Å². The summed E-state index contributed by atoms with van der Waals surface area (Å²) in [6.07, 6.45) is 10.8. The Morgan fingerprint density at radius 2 is 1.24 bits per heavy atom. The lowest BCUT2D eigenvalue weighted by Gasteiger charge is -2.12. The highest BCUT2D eigenvalue weighted by atomic mass is 14.1. The van der Waals surface area contributed by atoms with E-state index >= 15 is 0 Å². The highest BCUT2D eigenvalue weighted by Crippen LogP contribution is 2.22. The van der Waals surface area contributed by atoms with Crippen molar-refractivity contribution in [3.8, 4) is 0 Å². The summed E-state index contributed by atoms with van der Waals surface area (Å²) < 4.78 is 0. The quantitative estimate of drug-likeness (QED) is 0.371. The van der Waals surface area contributed by atoms with Crippen molar-refractivity contribution in [1.82, 2.24) is 0 Å². The summed E-state index contributed by atoms with van der Waals surface area (Å²) in [5, 5.41) is 0.